The maximum Gasteiger partial charge on any atom is 0.227 e. The van der Waals surface area contributed by atoms with E-state index in [1.165, 1.54) is 18.1 Å². The minimum absolute atomic E-state index is 0.0660. The average molecular weight is 466 g/mol. The molecule has 0 aliphatic carbocycles. The number of hydrogen-bond acceptors (Lipinski definition) is 9. The number of benzene rings is 1. The molecule has 0 radical (unpaired) electrons. The summed E-state index contributed by atoms with van der Waals surface area (Å²) >= 11 is 1.53. The van der Waals surface area contributed by atoms with Crippen LogP contribution in [-0.2, 0) is 13.0 Å². The molecule has 172 valence electrons. The highest BCUT2D eigenvalue weighted by Crippen LogP contribution is 2.41. The van der Waals surface area contributed by atoms with Gasteiger partial charge in [0.2, 0.25) is 5.89 Å². The van der Waals surface area contributed by atoms with Crippen LogP contribution in [0.25, 0.3) is 22.6 Å². The third-order valence-electron chi connectivity index (χ3n) is 5.39. The molecule has 10 heteroatoms. The highest BCUT2D eigenvalue weighted by Gasteiger charge is 2.23. The van der Waals surface area contributed by atoms with Crippen LogP contribution in [0.2, 0.25) is 0 Å². The summed E-state index contributed by atoms with van der Waals surface area (Å²) in [6.07, 6.45) is 6.52. The van der Waals surface area contributed by atoms with E-state index in [2.05, 4.69) is 51.7 Å². The molecule has 0 saturated heterocycles. The third-order valence-corrected chi connectivity index (χ3v) is 6.45. The van der Waals surface area contributed by atoms with Crippen molar-refractivity contribution in [3.8, 4) is 17.2 Å². The molecule has 0 fully saturated rings. The lowest BCUT2D eigenvalue weighted by atomic mass is 10.1. The van der Waals surface area contributed by atoms with Gasteiger partial charge in [-0.2, -0.15) is 0 Å². The second-order valence-corrected chi connectivity index (χ2v) is 10.0. The van der Waals surface area contributed by atoms with E-state index in [4.69, 9.17) is 19.9 Å². The minimum Gasteiger partial charge on any atom is -0.493 e. The molecular formula is C23H27N7O2S. The Labute approximate surface area is 196 Å². The van der Waals surface area contributed by atoms with E-state index >= 15 is 0 Å². The van der Waals surface area contributed by atoms with Crippen molar-refractivity contribution in [1.82, 2.24) is 29.8 Å². The average Bonchev–Trinajstić information content (AvgIpc) is 3.51. The van der Waals surface area contributed by atoms with Crippen molar-refractivity contribution in [1.29, 1.82) is 0 Å². The summed E-state index contributed by atoms with van der Waals surface area (Å²) < 4.78 is 13.6. The lowest BCUT2D eigenvalue weighted by Crippen LogP contribution is -2.36. The summed E-state index contributed by atoms with van der Waals surface area (Å²) in [5.74, 6) is 1.84. The molecule has 3 N–H and O–H groups in total. The van der Waals surface area contributed by atoms with Crippen LogP contribution in [-0.4, -0.2) is 43.2 Å². The Balaban J connectivity index is 1.52. The van der Waals surface area contributed by atoms with Gasteiger partial charge in [-0.15, -0.1) is 0 Å². The van der Waals surface area contributed by atoms with E-state index in [-0.39, 0.29) is 5.54 Å². The predicted octanol–water partition coefficient (Wildman–Crippen LogP) is 3.93. The Morgan fingerprint density at radius 1 is 1.21 bits per heavy atom. The second-order valence-electron chi connectivity index (χ2n) is 9.00. The van der Waals surface area contributed by atoms with Crippen LogP contribution in [0.5, 0.6) is 5.75 Å². The van der Waals surface area contributed by atoms with Crippen molar-refractivity contribution >= 4 is 28.7 Å². The molecule has 4 heterocycles. The lowest BCUT2D eigenvalue weighted by Gasteiger charge is -2.20. The number of rotatable bonds is 7. The van der Waals surface area contributed by atoms with Crippen LogP contribution in [0.4, 0.5) is 5.82 Å². The normalized spacial score (nSPS) is 13.4. The first-order chi connectivity index (χ1) is 15.9. The highest BCUT2D eigenvalue weighted by molar-refractivity contribution is 7.99. The van der Waals surface area contributed by atoms with Crippen LogP contribution in [0.15, 0.2) is 45.4 Å². The molecule has 3 aromatic heterocycles. The Hall–Kier alpha value is -3.11. The van der Waals surface area contributed by atoms with E-state index in [0.717, 1.165) is 58.5 Å². The van der Waals surface area contributed by atoms with E-state index < -0.39 is 0 Å². The number of ether oxygens (including phenoxy) is 1. The Bertz CT molecular complexity index is 1280. The predicted molar refractivity (Wildman–Crippen MR) is 127 cm³/mol. The van der Waals surface area contributed by atoms with Crippen LogP contribution in [0, 0.1) is 0 Å². The van der Waals surface area contributed by atoms with Gasteiger partial charge < -0.3 is 24.8 Å². The molecule has 9 nitrogen and oxygen atoms in total. The van der Waals surface area contributed by atoms with Crippen molar-refractivity contribution in [3.63, 3.8) is 0 Å². The number of fused-ring (bicyclic) bond motifs is 2. The summed E-state index contributed by atoms with van der Waals surface area (Å²) in [5.41, 5.74) is 9.61. The van der Waals surface area contributed by atoms with Crippen molar-refractivity contribution in [2.24, 2.45) is 0 Å². The van der Waals surface area contributed by atoms with Gasteiger partial charge in [0.15, 0.2) is 22.1 Å². The molecule has 4 aromatic rings. The first-order valence-corrected chi connectivity index (χ1v) is 11.8. The van der Waals surface area contributed by atoms with Gasteiger partial charge in [0.1, 0.15) is 18.3 Å². The molecule has 33 heavy (non-hydrogen) atoms. The first kappa shape index (κ1) is 21.7. The molecule has 0 bridgehead atoms. The number of anilines is 1. The first-order valence-electron chi connectivity index (χ1n) is 11.0. The van der Waals surface area contributed by atoms with Gasteiger partial charge in [0.25, 0.3) is 0 Å². The fourth-order valence-electron chi connectivity index (χ4n) is 3.83. The van der Waals surface area contributed by atoms with Crippen molar-refractivity contribution in [2.45, 2.75) is 55.7 Å². The van der Waals surface area contributed by atoms with Gasteiger partial charge in [-0.05, 0) is 51.4 Å². The van der Waals surface area contributed by atoms with Crippen molar-refractivity contribution < 1.29 is 9.15 Å². The van der Waals surface area contributed by atoms with E-state index in [9.17, 15) is 0 Å². The van der Waals surface area contributed by atoms with Crippen molar-refractivity contribution in [3.05, 3.63) is 36.5 Å². The molecule has 0 unspecified atom stereocenters. The summed E-state index contributed by atoms with van der Waals surface area (Å²) in [6.45, 7) is 8.79. The highest BCUT2D eigenvalue weighted by atomic mass is 32.2. The Kier molecular flexibility index (Phi) is 5.71. The van der Waals surface area contributed by atoms with Crippen LogP contribution in [0.3, 0.4) is 0 Å². The quantitative estimate of drug-likeness (QED) is 0.391. The van der Waals surface area contributed by atoms with Gasteiger partial charge in [-0.25, -0.2) is 19.9 Å². The Morgan fingerprint density at radius 2 is 2.09 bits per heavy atom. The smallest absolute Gasteiger partial charge is 0.227 e. The molecule has 1 aliphatic heterocycles. The van der Waals surface area contributed by atoms with Gasteiger partial charge in [-0.3, -0.25) is 0 Å². The number of nitrogens with one attached hydrogen (secondary N) is 1. The number of aromatic nitrogens is 5. The zero-order valence-electron chi connectivity index (χ0n) is 19.0. The van der Waals surface area contributed by atoms with E-state index in [1.807, 2.05) is 6.07 Å². The standard InChI is InChI=1S/C23H27N7O2S/c1-23(2,3)28-6-4-8-30-20-18(19(24)26-13-27-20)29-22(30)33-17-12-16-14(5-9-31-16)11-15(17)21-25-7-10-32-21/h7,10-13,28H,4-6,8-9H2,1-3H3,(H2,24,26,27). The van der Waals surface area contributed by atoms with Crippen LogP contribution in [0.1, 0.15) is 32.8 Å². The van der Waals surface area contributed by atoms with Crippen LogP contribution >= 0.6 is 11.8 Å². The number of nitrogen functional groups attached to an aromatic ring is 1. The van der Waals surface area contributed by atoms with E-state index in [0.29, 0.717) is 23.8 Å². The lowest BCUT2D eigenvalue weighted by molar-refractivity contribution is 0.356. The molecule has 5 rings (SSSR count). The number of nitrogens with two attached hydrogens (primary N) is 1. The molecule has 1 aromatic carbocycles. The van der Waals surface area contributed by atoms with E-state index in [1.54, 1.807) is 12.5 Å². The minimum atomic E-state index is 0.0660. The number of hydrogen-bond donors (Lipinski definition) is 2. The monoisotopic (exact) mass is 465 g/mol. The molecule has 0 amide bonds. The zero-order chi connectivity index (χ0) is 23.0. The summed E-state index contributed by atoms with van der Waals surface area (Å²) in [5, 5.41) is 4.32. The maximum absolute atomic E-state index is 6.13. The summed E-state index contributed by atoms with van der Waals surface area (Å²) in [6, 6.07) is 4.15. The molecule has 0 saturated carbocycles. The molecule has 1 aliphatic rings. The largest absolute Gasteiger partial charge is 0.493 e. The summed E-state index contributed by atoms with van der Waals surface area (Å²) in [4.78, 5) is 18.8. The number of aryl methyl sites for hydroxylation is 1. The SMILES string of the molecule is CC(C)(C)NCCCn1c(Sc2cc3c(cc2-c2ncco2)CCO3)nc2c(N)ncnc21. The second kappa shape index (κ2) is 8.68. The molecule has 0 spiro atoms. The van der Waals surface area contributed by atoms with Gasteiger partial charge in [0.05, 0.1) is 18.4 Å². The Morgan fingerprint density at radius 3 is 2.88 bits per heavy atom. The van der Waals surface area contributed by atoms with Gasteiger partial charge in [0, 0.05) is 23.4 Å². The molecular weight excluding hydrogens is 438 g/mol. The number of imidazole rings is 1. The molecule has 0 atom stereocenters. The number of oxazole rings is 1. The zero-order valence-corrected chi connectivity index (χ0v) is 19.8. The fourth-order valence-corrected chi connectivity index (χ4v) is 4.87. The van der Waals surface area contributed by atoms with Crippen LogP contribution < -0.4 is 15.8 Å². The van der Waals surface area contributed by atoms with Gasteiger partial charge >= 0.3 is 0 Å². The summed E-state index contributed by atoms with van der Waals surface area (Å²) in [7, 11) is 0. The third kappa shape index (κ3) is 4.53. The fraction of sp³-hybridized carbons (Fsp3) is 0.391. The van der Waals surface area contributed by atoms with Gasteiger partial charge in [-0.1, -0.05) is 11.8 Å². The number of nitrogens with zero attached hydrogens (tertiary/aromatic N) is 5. The topological polar surface area (TPSA) is 117 Å². The van der Waals surface area contributed by atoms with Crippen molar-refractivity contribution in [2.75, 3.05) is 18.9 Å². The maximum atomic E-state index is 6.13.